The highest BCUT2D eigenvalue weighted by molar-refractivity contribution is 9.11. The molecule has 0 fully saturated rings. The van der Waals surface area contributed by atoms with Crippen molar-refractivity contribution in [1.82, 2.24) is 10.2 Å². The molecule has 2 amide bonds. The normalized spacial score (nSPS) is 11.7. The van der Waals surface area contributed by atoms with Crippen molar-refractivity contribution in [3.63, 3.8) is 0 Å². The van der Waals surface area contributed by atoms with Gasteiger partial charge < -0.3 is 15.0 Å². The Balaban J connectivity index is 1.92. The number of likely N-dealkylation sites (N-methyl/N-ethyl adjacent to an activating group) is 1. The van der Waals surface area contributed by atoms with Crippen LogP contribution in [0.5, 0.6) is 5.75 Å². The summed E-state index contributed by atoms with van der Waals surface area (Å²) in [5, 5.41) is 2.91. The van der Waals surface area contributed by atoms with Gasteiger partial charge in [0.25, 0.3) is 5.91 Å². The third-order valence-corrected chi connectivity index (χ3v) is 5.17. The molecular formula is C18H21BrN2O3S. The summed E-state index contributed by atoms with van der Waals surface area (Å²) in [4.78, 5) is 26.5. The molecule has 0 aliphatic carbocycles. The monoisotopic (exact) mass is 424 g/mol. The van der Waals surface area contributed by atoms with Crippen LogP contribution in [0.25, 0.3) is 0 Å². The maximum absolute atomic E-state index is 12.3. The summed E-state index contributed by atoms with van der Waals surface area (Å²) in [5.41, 5.74) is 0.954. The van der Waals surface area contributed by atoms with Gasteiger partial charge in [0, 0.05) is 7.05 Å². The van der Waals surface area contributed by atoms with Crippen molar-refractivity contribution in [3.8, 4) is 5.75 Å². The van der Waals surface area contributed by atoms with Crippen LogP contribution in [-0.4, -0.2) is 36.9 Å². The van der Waals surface area contributed by atoms with Crippen LogP contribution in [0.2, 0.25) is 0 Å². The lowest BCUT2D eigenvalue weighted by molar-refractivity contribution is -0.122. The van der Waals surface area contributed by atoms with Gasteiger partial charge >= 0.3 is 0 Å². The molecule has 7 heteroatoms. The third-order valence-electron chi connectivity index (χ3n) is 3.56. The Morgan fingerprint density at radius 1 is 1.32 bits per heavy atom. The topological polar surface area (TPSA) is 58.6 Å². The van der Waals surface area contributed by atoms with E-state index in [0.717, 1.165) is 15.1 Å². The van der Waals surface area contributed by atoms with E-state index in [1.54, 1.807) is 13.1 Å². The summed E-state index contributed by atoms with van der Waals surface area (Å²) in [6, 6.07) is 11.0. The van der Waals surface area contributed by atoms with Crippen molar-refractivity contribution in [2.24, 2.45) is 0 Å². The SMILES string of the molecule is CCOc1cccc(C(C)NC(=O)CN(C)C(=O)c2ccc(Br)s2)c1. The van der Waals surface area contributed by atoms with Crippen LogP contribution in [-0.2, 0) is 4.79 Å². The molecule has 25 heavy (non-hydrogen) atoms. The lowest BCUT2D eigenvalue weighted by Gasteiger charge is -2.19. The number of hydrogen-bond donors (Lipinski definition) is 1. The number of carbonyl (C=O) groups excluding carboxylic acids is 2. The molecule has 2 aromatic rings. The number of thiophene rings is 1. The van der Waals surface area contributed by atoms with Gasteiger partial charge in [-0.05, 0) is 59.6 Å². The molecule has 0 aliphatic heterocycles. The number of rotatable bonds is 7. The number of benzene rings is 1. The maximum Gasteiger partial charge on any atom is 0.264 e. The highest BCUT2D eigenvalue weighted by Gasteiger charge is 2.18. The number of ether oxygens (including phenoxy) is 1. The van der Waals surface area contributed by atoms with Gasteiger partial charge in [-0.3, -0.25) is 9.59 Å². The van der Waals surface area contributed by atoms with E-state index < -0.39 is 0 Å². The Morgan fingerprint density at radius 2 is 2.08 bits per heavy atom. The highest BCUT2D eigenvalue weighted by Crippen LogP contribution is 2.23. The van der Waals surface area contributed by atoms with Gasteiger partial charge in [0.15, 0.2) is 0 Å². The average Bonchev–Trinajstić information content (AvgIpc) is 3.01. The van der Waals surface area contributed by atoms with E-state index in [1.165, 1.54) is 16.2 Å². The van der Waals surface area contributed by atoms with Gasteiger partial charge in [0.05, 0.1) is 27.9 Å². The third kappa shape index (κ3) is 5.57. The minimum atomic E-state index is -0.208. The van der Waals surface area contributed by atoms with Crippen molar-refractivity contribution in [2.75, 3.05) is 20.2 Å². The Hall–Kier alpha value is -1.86. The Morgan fingerprint density at radius 3 is 2.72 bits per heavy atom. The summed E-state index contributed by atoms with van der Waals surface area (Å²) in [5.74, 6) is 0.397. The molecule has 0 radical (unpaired) electrons. The molecule has 134 valence electrons. The molecule has 1 N–H and O–H groups in total. The zero-order valence-electron chi connectivity index (χ0n) is 14.4. The van der Waals surface area contributed by atoms with E-state index in [1.807, 2.05) is 44.2 Å². The van der Waals surface area contributed by atoms with Gasteiger partial charge in [-0.1, -0.05) is 12.1 Å². The zero-order chi connectivity index (χ0) is 18.4. The van der Waals surface area contributed by atoms with Crippen molar-refractivity contribution < 1.29 is 14.3 Å². The van der Waals surface area contributed by atoms with E-state index in [4.69, 9.17) is 4.74 Å². The first-order chi connectivity index (χ1) is 11.9. The van der Waals surface area contributed by atoms with Crippen molar-refractivity contribution in [2.45, 2.75) is 19.9 Å². The second-order valence-electron chi connectivity index (χ2n) is 5.56. The number of hydrogen-bond acceptors (Lipinski definition) is 4. The van der Waals surface area contributed by atoms with Gasteiger partial charge in [0.2, 0.25) is 5.91 Å². The number of nitrogens with zero attached hydrogens (tertiary/aromatic N) is 1. The molecule has 1 heterocycles. The first-order valence-electron chi connectivity index (χ1n) is 7.93. The summed E-state index contributed by atoms with van der Waals surface area (Å²) >= 11 is 4.68. The first-order valence-corrected chi connectivity index (χ1v) is 9.54. The number of nitrogens with one attached hydrogen (secondary N) is 1. The molecule has 0 saturated carbocycles. The van der Waals surface area contributed by atoms with Gasteiger partial charge in [-0.25, -0.2) is 0 Å². The van der Waals surface area contributed by atoms with Crippen molar-refractivity contribution >= 4 is 39.1 Å². The minimum Gasteiger partial charge on any atom is -0.494 e. The van der Waals surface area contributed by atoms with Crippen LogP contribution in [0, 0.1) is 0 Å². The van der Waals surface area contributed by atoms with Crippen LogP contribution in [0.15, 0.2) is 40.2 Å². The molecular weight excluding hydrogens is 404 g/mol. The van der Waals surface area contributed by atoms with Gasteiger partial charge in [-0.15, -0.1) is 11.3 Å². The molecule has 1 atom stereocenters. The number of amides is 2. The second kappa shape index (κ2) is 9.01. The molecule has 0 bridgehead atoms. The quantitative estimate of drug-likeness (QED) is 0.733. The lowest BCUT2D eigenvalue weighted by Crippen LogP contribution is -2.39. The fraction of sp³-hybridized carbons (Fsp3) is 0.333. The van der Waals surface area contributed by atoms with Gasteiger partial charge in [0.1, 0.15) is 5.75 Å². The zero-order valence-corrected chi connectivity index (χ0v) is 16.8. The number of carbonyl (C=O) groups is 2. The second-order valence-corrected chi connectivity index (χ2v) is 8.02. The summed E-state index contributed by atoms with van der Waals surface area (Å²) in [6.07, 6.45) is 0. The van der Waals surface area contributed by atoms with E-state index >= 15 is 0 Å². The molecule has 1 unspecified atom stereocenters. The Labute approximate surface area is 160 Å². The van der Waals surface area contributed by atoms with Gasteiger partial charge in [-0.2, -0.15) is 0 Å². The summed E-state index contributed by atoms with van der Waals surface area (Å²) in [7, 11) is 1.62. The average molecular weight is 425 g/mol. The smallest absolute Gasteiger partial charge is 0.264 e. The standard InChI is InChI=1S/C18H21BrN2O3S/c1-4-24-14-7-5-6-13(10-14)12(2)20-17(22)11-21(3)18(23)15-8-9-16(19)25-15/h5-10,12H,4,11H2,1-3H3,(H,20,22). The minimum absolute atomic E-state index is 0.00381. The number of halogens is 1. The van der Waals surface area contributed by atoms with Crippen LogP contribution >= 0.6 is 27.3 Å². The predicted octanol–water partition coefficient (Wildman–Crippen LogP) is 3.86. The Kier molecular flexibility index (Phi) is 7.01. The van der Waals surface area contributed by atoms with Crippen LogP contribution in [0.3, 0.4) is 0 Å². The Bertz CT molecular complexity index is 747. The fourth-order valence-electron chi connectivity index (χ4n) is 2.32. The molecule has 0 saturated heterocycles. The van der Waals surface area contributed by atoms with Crippen LogP contribution in [0.4, 0.5) is 0 Å². The molecule has 5 nitrogen and oxygen atoms in total. The molecule has 2 rings (SSSR count). The van der Waals surface area contributed by atoms with E-state index in [0.29, 0.717) is 11.5 Å². The van der Waals surface area contributed by atoms with Crippen LogP contribution in [0.1, 0.15) is 35.1 Å². The largest absolute Gasteiger partial charge is 0.494 e. The summed E-state index contributed by atoms with van der Waals surface area (Å²) < 4.78 is 6.37. The van der Waals surface area contributed by atoms with E-state index in [2.05, 4.69) is 21.2 Å². The first kappa shape index (κ1) is 19.5. The van der Waals surface area contributed by atoms with Crippen LogP contribution < -0.4 is 10.1 Å². The highest BCUT2D eigenvalue weighted by atomic mass is 79.9. The molecule has 0 aliphatic rings. The van der Waals surface area contributed by atoms with Crippen molar-refractivity contribution in [3.05, 3.63) is 50.6 Å². The fourth-order valence-corrected chi connectivity index (χ4v) is 3.70. The summed E-state index contributed by atoms with van der Waals surface area (Å²) in [6.45, 7) is 4.43. The molecule has 1 aromatic heterocycles. The van der Waals surface area contributed by atoms with E-state index in [-0.39, 0.29) is 24.4 Å². The lowest BCUT2D eigenvalue weighted by atomic mass is 10.1. The predicted molar refractivity (Wildman–Crippen MR) is 103 cm³/mol. The molecule has 0 spiro atoms. The van der Waals surface area contributed by atoms with E-state index in [9.17, 15) is 9.59 Å². The maximum atomic E-state index is 12.3. The van der Waals surface area contributed by atoms with Crippen molar-refractivity contribution in [1.29, 1.82) is 0 Å². The molecule has 1 aromatic carbocycles.